The molecule has 0 radical (unpaired) electrons. The van der Waals surface area contributed by atoms with Crippen LogP contribution in [0.4, 0.5) is 5.69 Å². The smallest absolute Gasteiger partial charge is 0.283 e. The third-order valence-electron chi connectivity index (χ3n) is 5.27. The second-order valence-corrected chi connectivity index (χ2v) is 9.13. The van der Waals surface area contributed by atoms with Crippen molar-refractivity contribution < 1.29 is 9.72 Å². The Morgan fingerprint density at radius 3 is 2.50 bits per heavy atom. The van der Waals surface area contributed by atoms with Gasteiger partial charge in [0.1, 0.15) is 0 Å². The average molecular weight is 377 g/mol. The van der Waals surface area contributed by atoms with Gasteiger partial charge in [-0.2, -0.15) is 0 Å². The van der Waals surface area contributed by atoms with E-state index >= 15 is 0 Å². The highest BCUT2D eigenvalue weighted by molar-refractivity contribution is 7.99. The summed E-state index contributed by atoms with van der Waals surface area (Å²) >= 11 is 1.51. The van der Waals surface area contributed by atoms with Crippen molar-refractivity contribution in [3.05, 3.63) is 33.9 Å². The summed E-state index contributed by atoms with van der Waals surface area (Å²) in [5, 5.41) is 11.5. The molecule has 2 fully saturated rings. The molecule has 1 aromatic carbocycles. The number of nitro groups is 1. The third kappa shape index (κ3) is 4.58. The molecule has 6 heteroatoms. The van der Waals surface area contributed by atoms with Gasteiger partial charge < -0.3 is 4.90 Å². The van der Waals surface area contributed by atoms with Crippen molar-refractivity contribution in [1.29, 1.82) is 0 Å². The highest BCUT2D eigenvalue weighted by atomic mass is 32.2. The molecule has 0 saturated heterocycles. The lowest BCUT2D eigenvalue weighted by Crippen LogP contribution is -2.41. The van der Waals surface area contributed by atoms with Gasteiger partial charge in [-0.3, -0.25) is 14.9 Å². The summed E-state index contributed by atoms with van der Waals surface area (Å²) in [7, 11) is 0. The van der Waals surface area contributed by atoms with Gasteiger partial charge >= 0.3 is 0 Å². The van der Waals surface area contributed by atoms with Gasteiger partial charge in [-0.1, -0.05) is 13.8 Å². The van der Waals surface area contributed by atoms with Crippen molar-refractivity contribution in [3.8, 4) is 0 Å². The number of rotatable bonds is 9. The van der Waals surface area contributed by atoms with Crippen LogP contribution in [0.1, 0.15) is 63.2 Å². The summed E-state index contributed by atoms with van der Waals surface area (Å²) in [6, 6.07) is 5.55. The molecule has 0 bridgehead atoms. The zero-order chi connectivity index (χ0) is 18.8. The van der Waals surface area contributed by atoms with E-state index in [1.807, 2.05) is 4.90 Å². The molecule has 0 spiro atoms. The summed E-state index contributed by atoms with van der Waals surface area (Å²) in [5.41, 5.74) is 0.503. The fourth-order valence-corrected chi connectivity index (χ4v) is 4.57. The van der Waals surface area contributed by atoms with Crippen LogP contribution in [0.15, 0.2) is 23.1 Å². The topological polar surface area (TPSA) is 63.5 Å². The van der Waals surface area contributed by atoms with E-state index in [1.165, 1.54) is 30.7 Å². The summed E-state index contributed by atoms with van der Waals surface area (Å²) in [6.07, 6.45) is 5.48. The molecule has 1 atom stereocenters. The van der Waals surface area contributed by atoms with Crippen LogP contribution in [0.2, 0.25) is 0 Å². The Bertz CT molecular complexity index is 684. The van der Waals surface area contributed by atoms with Crippen LogP contribution >= 0.6 is 11.8 Å². The number of hydrogen-bond acceptors (Lipinski definition) is 4. The first-order valence-electron chi connectivity index (χ1n) is 9.62. The minimum atomic E-state index is -0.361. The second-order valence-electron chi connectivity index (χ2n) is 7.99. The number of nitrogens with zero attached hydrogens (tertiary/aromatic N) is 2. The predicted molar refractivity (Wildman–Crippen MR) is 105 cm³/mol. The molecule has 0 heterocycles. The fraction of sp³-hybridized carbons (Fsp3) is 0.650. The highest BCUT2D eigenvalue weighted by Crippen LogP contribution is 2.41. The molecule has 1 unspecified atom stereocenters. The molecule has 0 aromatic heterocycles. The number of amides is 1. The molecule has 0 N–H and O–H groups in total. The number of carbonyl (C=O) groups is 1. The normalized spacial score (nSPS) is 18.0. The van der Waals surface area contributed by atoms with Crippen LogP contribution in [-0.4, -0.2) is 33.6 Å². The van der Waals surface area contributed by atoms with Gasteiger partial charge in [0.15, 0.2) is 0 Å². The number of nitro benzene ring substituents is 1. The Balaban J connectivity index is 1.79. The Hall–Kier alpha value is -1.56. The summed E-state index contributed by atoms with van der Waals surface area (Å²) < 4.78 is 0. The lowest BCUT2D eigenvalue weighted by Gasteiger charge is -2.29. The van der Waals surface area contributed by atoms with Crippen molar-refractivity contribution in [1.82, 2.24) is 4.90 Å². The Morgan fingerprint density at radius 2 is 1.96 bits per heavy atom. The molecular weight excluding hydrogens is 348 g/mol. The van der Waals surface area contributed by atoms with Crippen molar-refractivity contribution >= 4 is 23.4 Å². The molecule has 0 aliphatic heterocycles. The number of thioether (sulfide) groups is 1. The first-order chi connectivity index (χ1) is 12.4. The van der Waals surface area contributed by atoms with Crippen molar-refractivity contribution in [3.63, 3.8) is 0 Å². The summed E-state index contributed by atoms with van der Waals surface area (Å²) in [5.74, 6) is 1.96. The average Bonchev–Trinajstić information content (AvgIpc) is 3.46. The molecular formula is C20H28N2O3S. The van der Waals surface area contributed by atoms with E-state index in [0.717, 1.165) is 25.0 Å². The van der Waals surface area contributed by atoms with Gasteiger partial charge in [-0.15, -0.1) is 11.8 Å². The largest absolute Gasteiger partial charge is 0.333 e. The van der Waals surface area contributed by atoms with Crippen molar-refractivity contribution in [2.75, 3.05) is 5.75 Å². The van der Waals surface area contributed by atoms with E-state index < -0.39 is 0 Å². The van der Waals surface area contributed by atoms with Gasteiger partial charge in [0, 0.05) is 23.7 Å². The first-order valence-corrected chi connectivity index (χ1v) is 10.6. The quantitative estimate of drug-likeness (QED) is 0.340. The van der Waals surface area contributed by atoms with Gasteiger partial charge in [-0.05, 0) is 68.7 Å². The molecule has 1 amide bonds. The van der Waals surface area contributed by atoms with E-state index in [-0.39, 0.29) is 22.6 Å². The third-order valence-corrected chi connectivity index (χ3v) is 6.37. The maximum absolute atomic E-state index is 13.1. The van der Waals surface area contributed by atoms with Crippen molar-refractivity contribution in [2.24, 2.45) is 11.8 Å². The molecule has 2 saturated carbocycles. The molecule has 2 aliphatic carbocycles. The van der Waals surface area contributed by atoms with E-state index in [1.54, 1.807) is 12.1 Å². The number of benzene rings is 1. The molecule has 26 heavy (non-hydrogen) atoms. The lowest BCUT2D eigenvalue weighted by atomic mass is 10.1. The second kappa shape index (κ2) is 7.99. The highest BCUT2D eigenvalue weighted by Gasteiger charge is 2.42. The molecule has 2 aliphatic rings. The van der Waals surface area contributed by atoms with Crippen LogP contribution in [0.5, 0.6) is 0 Å². The maximum Gasteiger partial charge on any atom is 0.283 e. The van der Waals surface area contributed by atoms with Gasteiger partial charge in [0.2, 0.25) is 0 Å². The zero-order valence-corrected chi connectivity index (χ0v) is 16.6. The van der Waals surface area contributed by atoms with Crippen LogP contribution in [0, 0.1) is 22.0 Å². The molecule has 1 aromatic rings. The van der Waals surface area contributed by atoms with E-state index in [9.17, 15) is 14.9 Å². The van der Waals surface area contributed by atoms with Gasteiger partial charge in [-0.25, -0.2) is 0 Å². The van der Waals surface area contributed by atoms with Crippen LogP contribution in [0.3, 0.4) is 0 Å². The van der Waals surface area contributed by atoms with E-state index in [2.05, 4.69) is 20.8 Å². The molecule has 3 rings (SSSR count). The Labute approximate surface area is 159 Å². The van der Waals surface area contributed by atoms with Crippen molar-refractivity contribution in [2.45, 2.75) is 69.9 Å². The van der Waals surface area contributed by atoms with Crippen LogP contribution < -0.4 is 0 Å². The minimum Gasteiger partial charge on any atom is -0.333 e. The van der Waals surface area contributed by atoms with Gasteiger partial charge in [0.05, 0.1) is 9.82 Å². The van der Waals surface area contributed by atoms with E-state index in [0.29, 0.717) is 28.3 Å². The monoisotopic (exact) mass is 376 g/mol. The molecule has 142 valence electrons. The molecule has 5 nitrogen and oxygen atoms in total. The van der Waals surface area contributed by atoms with E-state index in [4.69, 9.17) is 0 Å². The Kier molecular flexibility index (Phi) is 5.90. The van der Waals surface area contributed by atoms with Crippen LogP contribution in [-0.2, 0) is 0 Å². The van der Waals surface area contributed by atoms with Crippen LogP contribution in [0.25, 0.3) is 0 Å². The predicted octanol–water partition coefficient (Wildman–Crippen LogP) is 5.14. The lowest BCUT2D eigenvalue weighted by molar-refractivity contribution is -0.387. The fourth-order valence-electron chi connectivity index (χ4n) is 3.31. The number of hydrogen-bond donors (Lipinski definition) is 0. The summed E-state index contributed by atoms with van der Waals surface area (Å²) in [6.45, 7) is 6.41. The Morgan fingerprint density at radius 1 is 1.27 bits per heavy atom. The SMILES string of the molecule is CC(C)CCSc1ccc(C(=O)N(C2CC2)C(C)C2CC2)cc1[N+](=O)[O-]. The standard InChI is InChI=1S/C20H28N2O3S/c1-13(2)10-11-26-19-9-6-16(12-18(19)22(24)25)20(23)21(17-7-8-17)14(3)15-4-5-15/h6,9,12-15,17H,4-5,7-8,10-11H2,1-3H3. The first kappa shape index (κ1) is 19.2. The summed E-state index contributed by atoms with van der Waals surface area (Å²) in [4.78, 5) is 26.9. The zero-order valence-electron chi connectivity index (χ0n) is 15.8. The number of carbonyl (C=O) groups excluding carboxylic acids is 1. The van der Waals surface area contributed by atoms with Gasteiger partial charge in [0.25, 0.3) is 11.6 Å². The maximum atomic E-state index is 13.1. The minimum absolute atomic E-state index is 0.0475.